The van der Waals surface area contributed by atoms with Crippen LogP contribution in [0.25, 0.3) is 10.9 Å². The predicted octanol–water partition coefficient (Wildman–Crippen LogP) is 1.17. The first-order valence-electron chi connectivity index (χ1n) is 5.44. The van der Waals surface area contributed by atoms with Gasteiger partial charge >= 0.3 is 0 Å². The normalized spacial score (nSPS) is 9.05. The fourth-order valence-electron chi connectivity index (χ4n) is 1.22. The second-order valence-corrected chi connectivity index (χ2v) is 3.27. The van der Waals surface area contributed by atoms with Gasteiger partial charge in [0.25, 0.3) is 0 Å². The summed E-state index contributed by atoms with van der Waals surface area (Å²) in [4.78, 5) is 0. The minimum absolute atomic E-state index is 1.09. The van der Waals surface area contributed by atoms with E-state index >= 15 is 0 Å². The van der Waals surface area contributed by atoms with Gasteiger partial charge in [-0.15, -0.1) is 0 Å². The zero-order valence-corrected chi connectivity index (χ0v) is 9.93. The van der Waals surface area contributed by atoms with Crippen molar-refractivity contribution >= 4 is 10.9 Å². The molecule has 0 spiro atoms. The van der Waals surface area contributed by atoms with Crippen LogP contribution in [0.3, 0.4) is 0 Å². The third-order valence-corrected chi connectivity index (χ3v) is 2.01. The van der Waals surface area contributed by atoms with Crippen molar-refractivity contribution in [3.63, 3.8) is 0 Å². The van der Waals surface area contributed by atoms with Gasteiger partial charge in [-0.2, -0.15) is 35.9 Å². The summed E-state index contributed by atoms with van der Waals surface area (Å²) < 4.78 is 0. The summed E-state index contributed by atoms with van der Waals surface area (Å²) in [5.41, 5.74) is 1.09. The number of aromatic nitrogens is 8. The number of benzene rings is 1. The van der Waals surface area contributed by atoms with Crippen LogP contribution in [0.15, 0.2) is 55.2 Å². The summed E-state index contributed by atoms with van der Waals surface area (Å²) in [5.74, 6) is 0. The molecule has 0 saturated heterocycles. The SMILES string of the molecule is c1ccc2[nH]ncc2c1.c1cn[nH]n1.c1cn[nH]n1. The van der Waals surface area contributed by atoms with E-state index in [9.17, 15) is 0 Å². The second kappa shape index (κ2) is 7.33. The van der Waals surface area contributed by atoms with E-state index in [0.29, 0.717) is 0 Å². The molecule has 0 atom stereocenters. The second-order valence-electron chi connectivity index (χ2n) is 3.27. The van der Waals surface area contributed by atoms with Gasteiger partial charge in [0.2, 0.25) is 0 Å². The number of nitrogens with one attached hydrogen (secondary N) is 3. The zero-order valence-electron chi connectivity index (χ0n) is 9.93. The van der Waals surface area contributed by atoms with E-state index < -0.39 is 0 Å². The number of fused-ring (bicyclic) bond motifs is 1. The fourth-order valence-corrected chi connectivity index (χ4v) is 1.22. The number of hydrogen-bond donors (Lipinski definition) is 3. The minimum Gasteiger partial charge on any atom is -0.278 e. The van der Waals surface area contributed by atoms with Gasteiger partial charge in [-0.3, -0.25) is 5.10 Å². The molecule has 3 heterocycles. The minimum atomic E-state index is 1.09. The van der Waals surface area contributed by atoms with E-state index in [1.54, 1.807) is 24.8 Å². The standard InChI is InChI=1S/C7H6N2.2C2H3N3/c1-2-4-7-6(3-1)5-8-9-7;2*1-2-4-5-3-1/h1-5H,(H,8,9);2*1-2H,(H,3,4,5). The maximum Gasteiger partial charge on any atom is 0.0690 e. The van der Waals surface area contributed by atoms with E-state index in [-0.39, 0.29) is 0 Å². The molecular weight excluding hydrogens is 244 g/mol. The topological polar surface area (TPSA) is 112 Å². The van der Waals surface area contributed by atoms with Gasteiger partial charge in [0, 0.05) is 5.39 Å². The van der Waals surface area contributed by atoms with E-state index in [2.05, 4.69) is 41.0 Å². The Morgan fingerprint density at radius 3 is 1.74 bits per heavy atom. The van der Waals surface area contributed by atoms with Crippen molar-refractivity contribution in [2.24, 2.45) is 0 Å². The average molecular weight is 256 g/mol. The fraction of sp³-hybridized carbons (Fsp3) is 0. The predicted molar refractivity (Wildman–Crippen MR) is 68.9 cm³/mol. The van der Waals surface area contributed by atoms with Crippen molar-refractivity contribution in [3.05, 3.63) is 55.2 Å². The lowest BCUT2D eigenvalue weighted by Crippen LogP contribution is -1.63. The van der Waals surface area contributed by atoms with Gasteiger partial charge in [-0.1, -0.05) is 18.2 Å². The van der Waals surface area contributed by atoms with Crippen molar-refractivity contribution in [3.8, 4) is 0 Å². The maximum atomic E-state index is 3.88. The average Bonchev–Trinajstić information content (AvgIpc) is 3.22. The number of H-pyrrole nitrogens is 3. The molecule has 0 saturated carbocycles. The lowest BCUT2D eigenvalue weighted by molar-refractivity contribution is 0.940. The van der Waals surface area contributed by atoms with Gasteiger partial charge in [0.1, 0.15) is 0 Å². The van der Waals surface area contributed by atoms with Crippen molar-refractivity contribution < 1.29 is 0 Å². The molecule has 19 heavy (non-hydrogen) atoms. The van der Waals surface area contributed by atoms with Crippen molar-refractivity contribution in [1.29, 1.82) is 0 Å². The Bertz CT molecular complexity index is 549. The molecule has 4 aromatic rings. The van der Waals surface area contributed by atoms with Crippen molar-refractivity contribution in [2.75, 3.05) is 0 Å². The lowest BCUT2D eigenvalue weighted by Gasteiger charge is -1.81. The molecule has 1 aromatic carbocycles. The molecule has 8 heteroatoms. The largest absolute Gasteiger partial charge is 0.278 e. The summed E-state index contributed by atoms with van der Waals surface area (Å²) >= 11 is 0. The molecule has 0 radical (unpaired) electrons. The number of rotatable bonds is 0. The van der Waals surface area contributed by atoms with Gasteiger partial charge in [0.05, 0.1) is 36.5 Å². The molecule has 0 fully saturated rings. The number of para-hydroxylation sites is 1. The monoisotopic (exact) mass is 256 g/mol. The smallest absolute Gasteiger partial charge is 0.0690 e. The number of aromatic amines is 3. The van der Waals surface area contributed by atoms with Gasteiger partial charge in [-0.25, -0.2) is 0 Å². The zero-order chi connectivity index (χ0) is 13.2. The van der Waals surface area contributed by atoms with E-state index in [1.807, 2.05) is 30.5 Å². The Kier molecular flexibility index (Phi) is 4.79. The molecule has 96 valence electrons. The highest BCUT2D eigenvalue weighted by atomic mass is 15.3. The Morgan fingerprint density at radius 2 is 1.26 bits per heavy atom. The Hall–Kier alpha value is -3.03. The maximum absolute atomic E-state index is 3.88. The first-order chi connectivity index (χ1) is 9.47. The molecule has 0 aliphatic heterocycles. The van der Waals surface area contributed by atoms with Crippen molar-refractivity contribution in [2.45, 2.75) is 0 Å². The third kappa shape index (κ3) is 4.38. The van der Waals surface area contributed by atoms with Crippen LogP contribution in [0.2, 0.25) is 0 Å². The van der Waals surface area contributed by atoms with Crippen LogP contribution >= 0.6 is 0 Å². The highest BCUT2D eigenvalue weighted by molar-refractivity contribution is 5.77. The Labute approximate surface area is 108 Å². The molecule has 0 aliphatic rings. The highest BCUT2D eigenvalue weighted by Crippen LogP contribution is 2.06. The van der Waals surface area contributed by atoms with E-state index in [0.717, 1.165) is 10.9 Å². The highest BCUT2D eigenvalue weighted by Gasteiger charge is 1.88. The summed E-state index contributed by atoms with van der Waals surface area (Å²) in [6.45, 7) is 0. The van der Waals surface area contributed by atoms with Crippen LogP contribution in [0.5, 0.6) is 0 Å². The lowest BCUT2D eigenvalue weighted by atomic mass is 10.3. The molecule has 3 aromatic heterocycles. The van der Waals surface area contributed by atoms with Crippen LogP contribution in [-0.2, 0) is 0 Å². The first-order valence-corrected chi connectivity index (χ1v) is 5.44. The summed E-state index contributed by atoms with van der Waals surface area (Å²) in [5, 5.41) is 26.6. The third-order valence-electron chi connectivity index (χ3n) is 2.01. The first kappa shape index (κ1) is 12.4. The van der Waals surface area contributed by atoms with Crippen molar-refractivity contribution in [1.82, 2.24) is 41.0 Å². The molecule has 0 amide bonds. The molecule has 0 unspecified atom stereocenters. The summed E-state index contributed by atoms with van der Waals surface area (Å²) in [6, 6.07) is 8.01. The number of nitrogens with zero attached hydrogens (tertiary/aromatic N) is 5. The summed E-state index contributed by atoms with van der Waals surface area (Å²) in [6.07, 6.45) is 8.15. The van der Waals surface area contributed by atoms with Crippen LogP contribution in [0, 0.1) is 0 Å². The van der Waals surface area contributed by atoms with E-state index in [1.165, 1.54) is 0 Å². The molecule has 8 nitrogen and oxygen atoms in total. The Morgan fingerprint density at radius 1 is 0.684 bits per heavy atom. The van der Waals surface area contributed by atoms with Crippen LogP contribution < -0.4 is 0 Å². The summed E-state index contributed by atoms with van der Waals surface area (Å²) in [7, 11) is 0. The molecular formula is C11H12N8. The van der Waals surface area contributed by atoms with Crippen LogP contribution in [0.4, 0.5) is 0 Å². The van der Waals surface area contributed by atoms with Gasteiger partial charge < -0.3 is 0 Å². The van der Waals surface area contributed by atoms with Gasteiger partial charge in [0.15, 0.2) is 0 Å². The molecule has 0 bridgehead atoms. The van der Waals surface area contributed by atoms with Crippen LogP contribution in [0.1, 0.15) is 0 Å². The molecule has 0 aliphatic carbocycles. The molecule has 3 N–H and O–H groups in total. The Balaban J connectivity index is 0.000000114. The number of hydrogen-bond acceptors (Lipinski definition) is 5. The quantitative estimate of drug-likeness (QED) is 0.437. The molecule has 4 rings (SSSR count). The van der Waals surface area contributed by atoms with Crippen LogP contribution in [-0.4, -0.2) is 41.0 Å². The van der Waals surface area contributed by atoms with Gasteiger partial charge in [-0.05, 0) is 6.07 Å². The van der Waals surface area contributed by atoms with E-state index in [4.69, 9.17) is 0 Å².